The van der Waals surface area contributed by atoms with Crippen molar-refractivity contribution in [1.29, 1.82) is 5.26 Å². The second kappa shape index (κ2) is 2.31. The number of nitrogens with zero attached hydrogens (tertiary/aromatic N) is 1. The highest BCUT2D eigenvalue weighted by atomic mass is 19.1. The van der Waals surface area contributed by atoms with Crippen LogP contribution in [0.4, 0.5) is 4.39 Å². The van der Waals surface area contributed by atoms with Gasteiger partial charge in [0, 0.05) is 12.4 Å². The Morgan fingerprint density at radius 1 is 1.60 bits per heavy atom. The first-order valence-corrected chi connectivity index (χ1v) is 2.52. The minimum Gasteiger partial charge on any atom is -0.364 e. The van der Waals surface area contributed by atoms with Crippen molar-refractivity contribution in [2.75, 3.05) is 0 Å². The van der Waals surface area contributed by atoms with Crippen molar-refractivity contribution < 1.29 is 4.39 Å². The molecular formula is C6H3FN2O. The zero-order chi connectivity index (χ0) is 7.56. The molecule has 0 fully saturated rings. The van der Waals surface area contributed by atoms with Crippen LogP contribution in [0.3, 0.4) is 0 Å². The Kier molecular flexibility index (Phi) is 1.50. The minimum atomic E-state index is -0.931. The first-order valence-electron chi connectivity index (χ1n) is 2.52. The van der Waals surface area contributed by atoms with Gasteiger partial charge in [-0.2, -0.15) is 5.26 Å². The Bertz CT molecular complexity index is 336. The number of pyridine rings is 1. The highest BCUT2D eigenvalue weighted by Gasteiger charge is 2.01. The van der Waals surface area contributed by atoms with Crippen molar-refractivity contribution in [1.82, 2.24) is 4.98 Å². The molecule has 0 aliphatic carbocycles. The van der Waals surface area contributed by atoms with Crippen molar-refractivity contribution in [3.05, 3.63) is 34.0 Å². The van der Waals surface area contributed by atoms with Crippen LogP contribution in [-0.2, 0) is 0 Å². The quantitative estimate of drug-likeness (QED) is 0.563. The lowest BCUT2D eigenvalue weighted by atomic mass is 10.3. The second-order valence-corrected chi connectivity index (χ2v) is 1.66. The van der Waals surface area contributed by atoms with E-state index in [0.29, 0.717) is 0 Å². The molecule has 0 aliphatic heterocycles. The maximum Gasteiger partial charge on any atom is 0.234 e. The largest absolute Gasteiger partial charge is 0.364 e. The molecule has 1 aromatic rings. The topological polar surface area (TPSA) is 56.6 Å². The zero-order valence-electron chi connectivity index (χ0n) is 4.89. The van der Waals surface area contributed by atoms with Crippen molar-refractivity contribution >= 4 is 0 Å². The number of rotatable bonds is 0. The number of hydrogen-bond donors (Lipinski definition) is 1. The molecule has 50 valence electrons. The van der Waals surface area contributed by atoms with Gasteiger partial charge in [-0.25, -0.2) is 4.39 Å². The molecule has 0 saturated carbocycles. The molecule has 1 aromatic heterocycles. The predicted molar refractivity (Wildman–Crippen MR) is 31.7 cm³/mol. The molecule has 0 unspecified atom stereocenters. The molecule has 1 rings (SSSR count). The number of hydrogen-bond acceptors (Lipinski definition) is 2. The van der Waals surface area contributed by atoms with Crippen molar-refractivity contribution in [2.45, 2.75) is 0 Å². The van der Waals surface area contributed by atoms with Gasteiger partial charge in [-0.1, -0.05) is 0 Å². The molecule has 0 atom stereocenters. The van der Waals surface area contributed by atoms with Crippen LogP contribution < -0.4 is 5.43 Å². The molecule has 10 heavy (non-hydrogen) atoms. The van der Waals surface area contributed by atoms with Gasteiger partial charge in [0.25, 0.3) is 0 Å². The summed E-state index contributed by atoms with van der Waals surface area (Å²) in [5, 5.41) is 8.21. The monoisotopic (exact) mass is 138 g/mol. The third kappa shape index (κ3) is 0.890. The van der Waals surface area contributed by atoms with Gasteiger partial charge in [0.1, 0.15) is 11.6 Å². The lowest BCUT2D eigenvalue weighted by Gasteiger charge is -1.85. The molecule has 0 aromatic carbocycles. The minimum absolute atomic E-state index is 0.208. The standard InChI is InChI=1S/C6H3FN2O/c7-5-3-9-2-4(1-8)6(5)10/h2-3H,(H,9,10). The van der Waals surface area contributed by atoms with Crippen LogP contribution in [0.2, 0.25) is 0 Å². The molecule has 0 aliphatic rings. The molecule has 4 heteroatoms. The van der Waals surface area contributed by atoms with E-state index in [-0.39, 0.29) is 5.56 Å². The van der Waals surface area contributed by atoms with Crippen LogP contribution in [0.5, 0.6) is 0 Å². The zero-order valence-corrected chi connectivity index (χ0v) is 4.89. The van der Waals surface area contributed by atoms with E-state index in [0.717, 1.165) is 12.4 Å². The number of aromatic amines is 1. The summed E-state index contributed by atoms with van der Waals surface area (Å²) >= 11 is 0. The van der Waals surface area contributed by atoms with Crippen LogP contribution in [0.1, 0.15) is 5.56 Å². The molecule has 0 amide bonds. The van der Waals surface area contributed by atoms with Gasteiger partial charge in [0.2, 0.25) is 5.43 Å². The maximum atomic E-state index is 12.3. The molecule has 0 bridgehead atoms. The van der Waals surface area contributed by atoms with Gasteiger partial charge < -0.3 is 4.98 Å². The fourth-order valence-corrected chi connectivity index (χ4v) is 0.541. The van der Waals surface area contributed by atoms with E-state index in [1.54, 1.807) is 6.07 Å². The summed E-state index contributed by atoms with van der Waals surface area (Å²) in [5.41, 5.74) is -1.07. The smallest absolute Gasteiger partial charge is 0.234 e. The first kappa shape index (κ1) is 6.49. The van der Waals surface area contributed by atoms with Gasteiger partial charge in [-0.3, -0.25) is 4.79 Å². The second-order valence-electron chi connectivity index (χ2n) is 1.66. The van der Waals surface area contributed by atoms with Crippen molar-refractivity contribution in [2.24, 2.45) is 0 Å². The van der Waals surface area contributed by atoms with E-state index in [1.807, 2.05) is 0 Å². The summed E-state index contributed by atoms with van der Waals surface area (Å²) in [7, 11) is 0. The Balaban J connectivity index is 3.47. The van der Waals surface area contributed by atoms with Gasteiger partial charge in [-0.05, 0) is 0 Å². The predicted octanol–water partition coefficient (Wildman–Crippen LogP) is 0.386. The molecule has 1 N–H and O–H groups in total. The Morgan fingerprint density at radius 3 is 2.80 bits per heavy atom. The summed E-state index contributed by atoms with van der Waals surface area (Å²) in [5.74, 6) is -0.931. The Labute approximate surface area is 55.7 Å². The van der Waals surface area contributed by atoms with E-state index >= 15 is 0 Å². The number of nitrogens with one attached hydrogen (secondary N) is 1. The molecule has 0 radical (unpaired) electrons. The fraction of sp³-hybridized carbons (Fsp3) is 0. The Morgan fingerprint density at radius 2 is 2.30 bits per heavy atom. The van der Waals surface area contributed by atoms with Crippen LogP contribution in [0.15, 0.2) is 17.2 Å². The van der Waals surface area contributed by atoms with Crippen LogP contribution in [0.25, 0.3) is 0 Å². The van der Waals surface area contributed by atoms with E-state index in [9.17, 15) is 9.18 Å². The number of halogens is 1. The number of H-pyrrole nitrogens is 1. The van der Waals surface area contributed by atoms with Crippen LogP contribution in [-0.4, -0.2) is 4.98 Å². The highest BCUT2D eigenvalue weighted by molar-refractivity contribution is 5.24. The van der Waals surface area contributed by atoms with E-state index in [4.69, 9.17) is 5.26 Å². The molecular weight excluding hydrogens is 135 g/mol. The summed E-state index contributed by atoms with van der Waals surface area (Å²) in [6.45, 7) is 0. The van der Waals surface area contributed by atoms with Gasteiger partial charge in [-0.15, -0.1) is 0 Å². The summed E-state index contributed by atoms with van der Waals surface area (Å²) in [4.78, 5) is 12.9. The SMILES string of the molecule is N#Cc1c[nH]cc(F)c1=O. The van der Waals surface area contributed by atoms with Crippen molar-refractivity contribution in [3.8, 4) is 6.07 Å². The summed E-state index contributed by atoms with van der Waals surface area (Å²) < 4.78 is 12.3. The maximum absolute atomic E-state index is 12.3. The van der Waals surface area contributed by atoms with E-state index < -0.39 is 11.2 Å². The summed E-state index contributed by atoms with van der Waals surface area (Å²) in [6, 6.07) is 1.55. The summed E-state index contributed by atoms with van der Waals surface area (Å²) in [6.07, 6.45) is 2.06. The lowest BCUT2D eigenvalue weighted by molar-refractivity contribution is 0.610. The first-order chi connectivity index (χ1) is 4.75. The number of aromatic nitrogens is 1. The van der Waals surface area contributed by atoms with E-state index in [2.05, 4.69) is 4.98 Å². The molecule has 1 heterocycles. The Hall–Kier alpha value is -1.63. The van der Waals surface area contributed by atoms with Crippen molar-refractivity contribution in [3.63, 3.8) is 0 Å². The highest BCUT2D eigenvalue weighted by Crippen LogP contribution is 1.88. The molecule has 0 saturated heterocycles. The van der Waals surface area contributed by atoms with Crippen LogP contribution >= 0.6 is 0 Å². The van der Waals surface area contributed by atoms with Gasteiger partial charge >= 0.3 is 0 Å². The average molecular weight is 138 g/mol. The molecule has 0 spiro atoms. The van der Waals surface area contributed by atoms with Crippen LogP contribution in [0, 0.1) is 17.1 Å². The molecule has 3 nitrogen and oxygen atoms in total. The van der Waals surface area contributed by atoms with Gasteiger partial charge in [0.05, 0.1) is 0 Å². The third-order valence-electron chi connectivity index (χ3n) is 1.02. The normalized spacial score (nSPS) is 8.80. The van der Waals surface area contributed by atoms with Gasteiger partial charge in [0.15, 0.2) is 5.82 Å². The number of nitriles is 1. The lowest BCUT2D eigenvalue weighted by Crippen LogP contribution is -2.09. The fourth-order valence-electron chi connectivity index (χ4n) is 0.541. The van der Waals surface area contributed by atoms with E-state index in [1.165, 1.54) is 0 Å². The third-order valence-corrected chi connectivity index (χ3v) is 1.02. The average Bonchev–Trinajstić information content (AvgIpc) is 1.95.